The summed E-state index contributed by atoms with van der Waals surface area (Å²) in [6.45, 7) is 3.80. The summed E-state index contributed by atoms with van der Waals surface area (Å²) in [6.07, 6.45) is 3.23. The fourth-order valence-electron chi connectivity index (χ4n) is 2.52. The normalized spacial score (nSPS) is 23.6. The molecule has 106 valence electrons. The van der Waals surface area contributed by atoms with Crippen LogP contribution >= 0.6 is 0 Å². The maximum atomic E-state index is 12.0. The number of likely N-dealkylation sites (N-methyl/N-ethyl adjacent to an activating group) is 1. The molecule has 0 aromatic carbocycles. The van der Waals surface area contributed by atoms with Crippen molar-refractivity contribution in [3.63, 3.8) is 0 Å². The minimum atomic E-state index is 0.138. The highest BCUT2D eigenvalue weighted by Crippen LogP contribution is 2.30. The van der Waals surface area contributed by atoms with Gasteiger partial charge in [0.25, 0.3) is 0 Å². The highest BCUT2D eigenvalue weighted by Gasteiger charge is 2.31. The molecule has 1 fully saturated rings. The van der Waals surface area contributed by atoms with Crippen LogP contribution in [0, 0.1) is 11.8 Å². The average Bonchev–Trinajstić information content (AvgIpc) is 2.84. The molecule has 1 aliphatic carbocycles. The lowest BCUT2D eigenvalue weighted by molar-refractivity contribution is -0.126. The Bertz CT molecular complexity index is 248. The minimum absolute atomic E-state index is 0.138. The number of ether oxygens (including phenoxy) is 1. The summed E-state index contributed by atoms with van der Waals surface area (Å²) in [5, 5.41) is 3.02. The van der Waals surface area contributed by atoms with Crippen molar-refractivity contribution in [2.45, 2.75) is 19.3 Å². The molecule has 0 aromatic heterocycles. The van der Waals surface area contributed by atoms with Crippen LogP contribution in [0.3, 0.4) is 0 Å². The summed E-state index contributed by atoms with van der Waals surface area (Å²) in [5.74, 6) is 0.707. The summed E-state index contributed by atoms with van der Waals surface area (Å²) in [6, 6.07) is 0. The minimum Gasteiger partial charge on any atom is -0.383 e. The second-order valence-electron chi connectivity index (χ2n) is 5.12. The third-order valence-electron chi connectivity index (χ3n) is 3.77. The SMILES string of the molecule is COCCN(C)CCNC(=O)C1CCCC1CN. The van der Waals surface area contributed by atoms with Crippen molar-refractivity contribution < 1.29 is 9.53 Å². The topological polar surface area (TPSA) is 67.6 Å². The fraction of sp³-hybridized carbons (Fsp3) is 0.923. The summed E-state index contributed by atoms with van der Waals surface area (Å²) in [5.41, 5.74) is 5.69. The molecule has 0 spiro atoms. The zero-order valence-corrected chi connectivity index (χ0v) is 11.7. The van der Waals surface area contributed by atoms with Crippen molar-refractivity contribution in [1.29, 1.82) is 0 Å². The van der Waals surface area contributed by atoms with Crippen LogP contribution in [0.1, 0.15) is 19.3 Å². The van der Waals surface area contributed by atoms with Crippen molar-refractivity contribution in [2.24, 2.45) is 17.6 Å². The number of rotatable bonds is 8. The second kappa shape index (κ2) is 8.45. The zero-order valence-electron chi connectivity index (χ0n) is 11.7. The summed E-state index contributed by atoms with van der Waals surface area (Å²) in [4.78, 5) is 14.2. The number of nitrogens with one attached hydrogen (secondary N) is 1. The lowest BCUT2D eigenvalue weighted by Crippen LogP contribution is -2.39. The van der Waals surface area contributed by atoms with Crippen molar-refractivity contribution >= 4 is 5.91 Å². The maximum Gasteiger partial charge on any atom is 0.223 e. The number of nitrogens with two attached hydrogens (primary N) is 1. The summed E-state index contributed by atoms with van der Waals surface area (Å²) < 4.78 is 5.01. The van der Waals surface area contributed by atoms with Crippen molar-refractivity contribution in [3.8, 4) is 0 Å². The van der Waals surface area contributed by atoms with Gasteiger partial charge in [0.05, 0.1) is 6.61 Å². The zero-order chi connectivity index (χ0) is 13.4. The van der Waals surface area contributed by atoms with Crippen LogP contribution in [0.4, 0.5) is 0 Å². The Morgan fingerprint density at radius 1 is 1.44 bits per heavy atom. The molecule has 0 bridgehead atoms. The van der Waals surface area contributed by atoms with E-state index in [2.05, 4.69) is 10.2 Å². The molecule has 0 heterocycles. The average molecular weight is 257 g/mol. The standard InChI is InChI=1S/C13H27N3O2/c1-16(8-9-18-2)7-6-15-13(17)12-5-3-4-11(12)10-14/h11-12H,3-10,14H2,1-2H3,(H,15,17). The molecule has 5 heteroatoms. The van der Waals surface area contributed by atoms with Gasteiger partial charge >= 0.3 is 0 Å². The van der Waals surface area contributed by atoms with Gasteiger partial charge in [-0.1, -0.05) is 6.42 Å². The number of carbonyl (C=O) groups is 1. The smallest absolute Gasteiger partial charge is 0.223 e. The Hall–Kier alpha value is -0.650. The van der Waals surface area contributed by atoms with E-state index in [1.54, 1.807) is 7.11 Å². The number of hydrogen-bond donors (Lipinski definition) is 2. The molecule has 0 aromatic rings. The van der Waals surface area contributed by atoms with E-state index in [9.17, 15) is 4.79 Å². The number of hydrogen-bond acceptors (Lipinski definition) is 4. The number of amides is 1. The molecule has 0 saturated heterocycles. The number of nitrogens with zero attached hydrogens (tertiary/aromatic N) is 1. The molecular weight excluding hydrogens is 230 g/mol. The van der Waals surface area contributed by atoms with Crippen LogP contribution < -0.4 is 11.1 Å². The molecule has 5 nitrogen and oxygen atoms in total. The molecule has 1 rings (SSSR count). The van der Waals surface area contributed by atoms with E-state index in [1.807, 2.05) is 7.05 Å². The molecule has 1 amide bonds. The molecule has 0 aliphatic heterocycles. The Balaban J connectivity index is 2.16. The van der Waals surface area contributed by atoms with Gasteiger partial charge in [-0.25, -0.2) is 0 Å². The van der Waals surface area contributed by atoms with E-state index in [0.29, 0.717) is 19.0 Å². The Kier molecular flexibility index (Phi) is 7.23. The first kappa shape index (κ1) is 15.4. The van der Waals surface area contributed by atoms with Gasteiger partial charge < -0.3 is 20.7 Å². The van der Waals surface area contributed by atoms with Gasteiger partial charge in [0.15, 0.2) is 0 Å². The first-order chi connectivity index (χ1) is 8.69. The van der Waals surface area contributed by atoms with Crippen LogP contribution in [0.2, 0.25) is 0 Å². The summed E-state index contributed by atoms with van der Waals surface area (Å²) in [7, 11) is 3.73. The molecule has 1 saturated carbocycles. The first-order valence-electron chi connectivity index (χ1n) is 6.84. The molecular formula is C13H27N3O2. The Morgan fingerprint density at radius 2 is 2.22 bits per heavy atom. The lowest BCUT2D eigenvalue weighted by Gasteiger charge is -2.19. The van der Waals surface area contributed by atoms with Gasteiger partial charge in [-0.15, -0.1) is 0 Å². The molecule has 2 unspecified atom stereocenters. The fourth-order valence-corrected chi connectivity index (χ4v) is 2.52. The van der Waals surface area contributed by atoms with Crippen LogP contribution in [0.15, 0.2) is 0 Å². The van der Waals surface area contributed by atoms with E-state index in [0.717, 1.165) is 39.0 Å². The highest BCUT2D eigenvalue weighted by atomic mass is 16.5. The quantitative estimate of drug-likeness (QED) is 0.645. The van der Waals surface area contributed by atoms with Crippen LogP contribution in [-0.2, 0) is 9.53 Å². The number of methoxy groups -OCH3 is 1. The monoisotopic (exact) mass is 257 g/mol. The van der Waals surface area contributed by atoms with Gasteiger partial charge in [0.2, 0.25) is 5.91 Å². The highest BCUT2D eigenvalue weighted by molar-refractivity contribution is 5.79. The number of carbonyl (C=O) groups excluding carboxylic acids is 1. The Labute approximate surface area is 110 Å². The van der Waals surface area contributed by atoms with Gasteiger partial charge in [0.1, 0.15) is 0 Å². The van der Waals surface area contributed by atoms with Gasteiger partial charge in [-0.3, -0.25) is 4.79 Å². The molecule has 0 radical (unpaired) electrons. The van der Waals surface area contributed by atoms with Crippen LogP contribution in [0.25, 0.3) is 0 Å². The van der Waals surface area contributed by atoms with E-state index >= 15 is 0 Å². The maximum absolute atomic E-state index is 12.0. The van der Waals surface area contributed by atoms with Crippen LogP contribution in [0.5, 0.6) is 0 Å². The molecule has 18 heavy (non-hydrogen) atoms. The summed E-state index contributed by atoms with van der Waals surface area (Å²) >= 11 is 0. The molecule has 1 aliphatic rings. The third kappa shape index (κ3) is 4.92. The van der Waals surface area contributed by atoms with Crippen molar-refractivity contribution in [2.75, 3.05) is 46.9 Å². The van der Waals surface area contributed by atoms with E-state index < -0.39 is 0 Å². The predicted octanol–water partition coefficient (Wildman–Crippen LogP) is 0.0558. The van der Waals surface area contributed by atoms with Gasteiger partial charge in [-0.05, 0) is 32.4 Å². The predicted molar refractivity (Wildman–Crippen MR) is 72.3 cm³/mol. The van der Waals surface area contributed by atoms with E-state index in [4.69, 9.17) is 10.5 Å². The van der Waals surface area contributed by atoms with Crippen LogP contribution in [-0.4, -0.2) is 57.8 Å². The van der Waals surface area contributed by atoms with E-state index in [-0.39, 0.29) is 11.8 Å². The third-order valence-corrected chi connectivity index (χ3v) is 3.77. The van der Waals surface area contributed by atoms with Crippen molar-refractivity contribution in [1.82, 2.24) is 10.2 Å². The largest absolute Gasteiger partial charge is 0.383 e. The molecule has 2 atom stereocenters. The van der Waals surface area contributed by atoms with Gasteiger partial charge in [0, 0.05) is 32.7 Å². The second-order valence-corrected chi connectivity index (χ2v) is 5.12. The van der Waals surface area contributed by atoms with E-state index in [1.165, 1.54) is 0 Å². The Morgan fingerprint density at radius 3 is 2.89 bits per heavy atom. The van der Waals surface area contributed by atoms with Crippen molar-refractivity contribution in [3.05, 3.63) is 0 Å². The molecule has 3 N–H and O–H groups in total. The first-order valence-corrected chi connectivity index (χ1v) is 6.84. The lowest BCUT2D eigenvalue weighted by atomic mass is 9.95. The van der Waals surface area contributed by atoms with Gasteiger partial charge in [-0.2, -0.15) is 0 Å².